The zero-order valence-corrected chi connectivity index (χ0v) is 14.9. The molecular weight excluding hydrogens is 337 g/mol. The Balaban J connectivity index is 1.97. The van der Waals surface area contributed by atoms with Crippen LogP contribution < -0.4 is 4.74 Å². The van der Waals surface area contributed by atoms with Crippen LogP contribution in [0.1, 0.15) is 32.9 Å². The minimum absolute atomic E-state index is 0.0297. The molecule has 0 aliphatic carbocycles. The van der Waals surface area contributed by atoms with Crippen molar-refractivity contribution in [3.05, 3.63) is 35.8 Å². The smallest absolute Gasteiger partial charge is 0.407 e. The normalized spacial score (nSPS) is 20.2. The third kappa shape index (κ3) is 3.27. The summed E-state index contributed by atoms with van der Waals surface area (Å²) in [5.74, 6) is -0.461. The van der Waals surface area contributed by atoms with E-state index < -0.39 is 18.0 Å². The molecule has 136 valence electrons. The average Bonchev–Trinajstić information content (AvgIpc) is 2.99. The number of ether oxygens (including phenoxy) is 1. The summed E-state index contributed by atoms with van der Waals surface area (Å²) >= 11 is 0. The molecule has 3 rings (SSSR count). The minimum atomic E-state index is -1.01. The highest BCUT2D eigenvalue weighted by molar-refractivity contribution is 5.88. The lowest BCUT2D eigenvalue weighted by atomic mass is 9.85. The highest BCUT2D eigenvalue weighted by Crippen LogP contribution is 2.36. The molecule has 6 nitrogen and oxygen atoms in total. The highest BCUT2D eigenvalue weighted by Gasteiger charge is 2.43. The number of fused-ring (bicyclic) bond motifs is 1. The molecule has 0 radical (unpaired) electrons. The quantitative estimate of drug-likeness (QED) is 0.883. The molecule has 2 heterocycles. The standard InChI is InChI=1S/C19H20FN3O3/c1-19(2,3)15-8-13(10-23(15)18(24)25)26-17-16-11(5-4-6-14(16)20)7-12(9-21)22-17/h4-7,13,15H,8,10H2,1-3H3,(H,24,25). The lowest BCUT2D eigenvalue weighted by Crippen LogP contribution is -2.42. The number of amides is 1. The average molecular weight is 357 g/mol. The number of nitrogens with zero attached hydrogens (tertiary/aromatic N) is 3. The van der Waals surface area contributed by atoms with Crippen LogP contribution in [0, 0.1) is 22.6 Å². The third-order valence-corrected chi connectivity index (χ3v) is 4.67. The van der Waals surface area contributed by atoms with Gasteiger partial charge < -0.3 is 14.7 Å². The molecule has 0 bridgehead atoms. The molecule has 1 aromatic carbocycles. The Hall–Kier alpha value is -2.88. The van der Waals surface area contributed by atoms with Gasteiger partial charge >= 0.3 is 6.09 Å². The van der Waals surface area contributed by atoms with E-state index in [2.05, 4.69) is 4.98 Å². The van der Waals surface area contributed by atoms with Gasteiger partial charge in [0.2, 0.25) is 5.88 Å². The second-order valence-corrected chi connectivity index (χ2v) is 7.55. The van der Waals surface area contributed by atoms with Crippen molar-refractivity contribution in [3.8, 4) is 11.9 Å². The van der Waals surface area contributed by atoms with Gasteiger partial charge in [0.05, 0.1) is 11.9 Å². The number of hydrogen-bond acceptors (Lipinski definition) is 4. The van der Waals surface area contributed by atoms with Crippen molar-refractivity contribution >= 4 is 16.9 Å². The Morgan fingerprint density at radius 1 is 1.46 bits per heavy atom. The molecule has 1 fully saturated rings. The molecule has 1 N–H and O–H groups in total. The monoisotopic (exact) mass is 357 g/mol. The van der Waals surface area contributed by atoms with Crippen molar-refractivity contribution in [3.63, 3.8) is 0 Å². The van der Waals surface area contributed by atoms with E-state index in [9.17, 15) is 14.3 Å². The second kappa shape index (κ2) is 6.45. The van der Waals surface area contributed by atoms with Gasteiger partial charge in [0.15, 0.2) is 0 Å². The van der Waals surface area contributed by atoms with Crippen LogP contribution in [-0.2, 0) is 0 Å². The van der Waals surface area contributed by atoms with Crippen LogP contribution in [0.2, 0.25) is 0 Å². The number of benzene rings is 1. The van der Waals surface area contributed by atoms with Gasteiger partial charge in [0.25, 0.3) is 0 Å². The fourth-order valence-corrected chi connectivity index (χ4v) is 3.45. The van der Waals surface area contributed by atoms with E-state index in [0.717, 1.165) is 0 Å². The lowest BCUT2D eigenvalue weighted by Gasteiger charge is -2.32. The Morgan fingerprint density at radius 3 is 2.77 bits per heavy atom. The Bertz CT molecular complexity index is 901. The van der Waals surface area contributed by atoms with Crippen molar-refractivity contribution in [2.45, 2.75) is 39.3 Å². The molecule has 2 atom stereocenters. The van der Waals surface area contributed by atoms with E-state index in [1.165, 1.54) is 17.0 Å². The predicted octanol–water partition coefficient (Wildman–Crippen LogP) is 3.79. The minimum Gasteiger partial charge on any atom is -0.472 e. The predicted molar refractivity (Wildman–Crippen MR) is 93.4 cm³/mol. The lowest BCUT2D eigenvalue weighted by molar-refractivity contribution is 0.105. The number of carboxylic acid groups (broad SMARTS) is 1. The van der Waals surface area contributed by atoms with Gasteiger partial charge in [0, 0.05) is 12.5 Å². The topological polar surface area (TPSA) is 86.5 Å². The van der Waals surface area contributed by atoms with Crippen molar-refractivity contribution in [2.75, 3.05) is 6.54 Å². The first-order chi connectivity index (χ1) is 12.2. The first-order valence-corrected chi connectivity index (χ1v) is 8.36. The van der Waals surface area contributed by atoms with Gasteiger partial charge in [0.1, 0.15) is 23.7 Å². The second-order valence-electron chi connectivity index (χ2n) is 7.55. The van der Waals surface area contributed by atoms with Crippen LogP contribution >= 0.6 is 0 Å². The van der Waals surface area contributed by atoms with Gasteiger partial charge in [-0.25, -0.2) is 14.2 Å². The van der Waals surface area contributed by atoms with Crippen LogP contribution in [0.3, 0.4) is 0 Å². The number of hydrogen-bond donors (Lipinski definition) is 1. The zero-order valence-electron chi connectivity index (χ0n) is 14.9. The summed E-state index contributed by atoms with van der Waals surface area (Å²) in [4.78, 5) is 17.0. The summed E-state index contributed by atoms with van der Waals surface area (Å²) in [7, 11) is 0. The Morgan fingerprint density at radius 2 is 2.19 bits per heavy atom. The largest absolute Gasteiger partial charge is 0.472 e. The van der Waals surface area contributed by atoms with E-state index in [1.54, 1.807) is 12.1 Å². The summed E-state index contributed by atoms with van der Waals surface area (Å²) in [5, 5.41) is 19.4. The molecule has 1 saturated heterocycles. The van der Waals surface area contributed by atoms with Gasteiger partial charge in [-0.2, -0.15) is 5.26 Å². The van der Waals surface area contributed by atoms with E-state index in [1.807, 2.05) is 26.8 Å². The number of pyridine rings is 1. The van der Waals surface area contributed by atoms with Crippen molar-refractivity contribution in [1.82, 2.24) is 9.88 Å². The molecule has 7 heteroatoms. The van der Waals surface area contributed by atoms with E-state index >= 15 is 0 Å². The summed E-state index contributed by atoms with van der Waals surface area (Å²) in [6.45, 7) is 6.09. The summed E-state index contributed by atoms with van der Waals surface area (Å²) in [6.07, 6.45) is -0.991. The molecule has 1 aliphatic heterocycles. The van der Waals surface area contributed by atoms with Crippen molar-refractivity contribution in [1.29, 1.82) is 5.26 Å². The molecule has 0 saturated carbocycles. The fourth-order valence-electron chi connectivity index (χ4n) is 3.45. The number of halogens is 1. The van der Waals surface area contributed by atoms with Gasteiger partial charge in [-0.15, -0.1) is 0 Å². The maximum absolute atomic E-state index is 14.3. The van der Waals surface area contributed by atoms with Crippen LogP contribution in [-0.4, -0.2) is 39.8 Å². The molecule has 0 spiro atoms. The van der Waals surface area contributed by atoms with E-state index in [-0.39, 0.29) is 35.0 Å². The van der Waals surface area contributed by atoms with Crippen LogP contribution in [0.25, 0.3) is 10.8 Å². The van der Waals surface area contributed by atoms with Crippen LogP contribution in [0.4, 0.5) is 9.18 Å². The number of carbonyl (C=O) groups is 1. The van der Waals surface area contributed by atoms with E-state index in [0.29, 0.717) is 11.8 Å². The fraction of sp³-hybridized carbons (Fsp3) is 0.421. The SMILES string of the molecule is CC(C)(C)C1CC(Oc2nc(C#N)cc3cccc(F)c23)CN1C(=O)O. The van der Waals surface area contributed by atoms with Crippen LogP contribution in [0.15, 0.2) is 24.3 Å². The Kier molecular flexibility index (Phi) is 4.45. The van der Waals surface area contributed by atoms with Crippen molar-refractivity contribution in [2.24, 2.45) is 5.41 Å². The number of nitriles is 1. The first kappa shape index (κ1) is 17.9. The number of aromatic nitrogens is 1. The highest BCUT2D eigenvalue weighted by atomic mass is 19.1. The first-order valence-electron chi connectivity index (χ1n) is 8.36. The van der Waals surface area contributed by atoms with Crippen LogP contribution in [0.5, 0.6) is 5.88 Å². The van der Waals surface area contributed by atoms with Crippen molar-refractivity contribution < 1.29 is 19.0 Å². The molecule has 2 unspecified atom stereocenters. The summed E-state index contributed by atoms with van der Waals surface area (Å²) in [6, 6.07) is 7.77. The molecule has 2 aromatic rings. The third-order valence-electron chi connectivity index (χ3n) is 4.67. The maximum Gasteiger partial charge on any atom is 0.407 e. The number of likely N-dealkylation sites (tertiary alicyclic amines) is 1. The summed E-state index contributed by atoms with van der Waals surface area (Å²) in [5.41, 5.74) is -0.135. The van der Waals surface area contributed by atoms with Gasteiger partial charge in [-0.1, -0.05) is 32.9 Å². The molecule has 1 aromatic heterocycles. The molecule has 1 amide bonds. The van der Waals surface area contributed by atoms with E-state index in [4.69, 9.17) is 10.00 Å². The molecule has 26 heavy (non-hydrogen) atoms. The maximum atomic E-state index is 14.3. The Labute approximate surface area is 150 Å². The molecular formula is C19H20FN3O3. The summed E-state index contributed by atoms with van der Waals surface area (Å²) < 4.78 is 20.2. The number of rotatable bonds is 2. The molecule has 1 aliphatic rings. The van der Waals surface area contributed by atoms with Gasteiger partial charge in [-0.3, -0.25) is 0 Å². The van der Waals surface area contributed by atoms with Gasteiger partial charge in [-0.05, 0) is 22.9 Å². The zero-order chi connectivity index (χ0) is 19.1.